The van der Waals surface area contributed by atoms with Crippen molar-refractivity contribution in [3.63, 3.8) is 0 Å². The van der Waals surface area contributed by atoms with Gasteiger partial charge in [0.1, 0.15) is 42.0 Å². The van der Waals surface area contributed by atoms with E-state index in [9.17, 15) is 72.0 Å². The number of aliphatic hydroxyl groups excluding tert-OH is 1. The largest absolute Gasteiger partial charge is 0.508 e. The van der Waals surface area contributed by atoms with Gasteiger partial charge in [0.15, 0.2) is 11.6 Å². The Balaban J connectivity index is 2.19. The molecule has 0 saturated heterocycles. The van der Waals surface area contributed by atoms with E-state index >= 15 is 0 Å². The van der Waals surface area contributed by atoms with Gasteiger partial charge in [-0.2, -0.15) is 0 Å². The molecular weight excluding hydrogens is 866 g/mol. The highest BCUT2D eigenvalue weighted by molar-refractivity contribution is 5.99. The summed E-state index contributed by atoms with van der Waals surface area (Å²) in [6.45, 7) is 2.64. The highest BCUT2D eigenvalue weighted by Gasteiger charge is 2.33. The van der Waals surface area contributed by atoms with Crippen molar-refractivity contribution in [1.29, 1.82) is 0 Å². The standard InChI is InChI=1S/C41H54F2N8O14/c1-20(2)17-29(40(64)49-28(12-9-22-7-10-23(53)11-8-22)39(63)48-26(35(44)59)13-15-32(55)56)50-41(65)30(19-52)51-38(62)27(14-16-33(57)58)47-31(54)18-45-36(60)21(3)46-37(61)24-5-4-6-25(42)34(24)43/h4-8,10-11,20-21,26-30,52-53H,9,12-19H2,1-3H3,(H2,44,59)(H,45,60)(H,46,61)(H,47,54)(H,48,63)(H,49,64)(H,50,65)(H,51,62)(H,55,56)(H,57,58)/t21-,26-,27-,28-,29-,30-/m0/s1. The van der Waals surface area contributed by atoms with Crippen LogP contribution in [0.1, 0.15) is 75.2 Å². The fourth-order valence-electron chi connectivity index (χ4n) is 5.90. The lowest BCUT2D eigenvalue weighted by atomic mass is 10.00. The van der Waals surface area contributed by atoms with Gasteiger partial charge in [-0.25, -0.2) is 8.78 Å². The van der Waals surface area contributed by atoms with Crippen molar-refractivity contribution in [2.45, 2.75) is 102 Å². The second-order valence-corrected chi connectivity index (χ2v) is 15.2. The van der Waals surface area contributed by atoms with Crippen LogP contribution in [0.4, 0.5) is 8.78 Å². The molecule has 0 fully saturated rings. The lowest BCUT2D eigenvalue weighted by Crippen LogP contribution is -2.60. The Hall–Kier alpha value is -7.24. The number of amides is 8. The van der Waals surface area contributed by atoms with Gasteiger partial charge in [-0.05, 0) is 74.8 Å². The number of carbonyl (C=O) groups is 10. The Labute approximate surface area is 370 Å². The van der Waals surface area contributed by atoms with Crippen LogP contribution >= 0.6 is 0 Å². The first-order valence-corrected chi connectivity index (χ1v) is 20.2. The molecule has 13 N–H and O–H groups in total. The van der Waals surface area contributed by atoms with Crippen LogP contribution in [0.3, 0.4) is 0 Å². The summed E-state index contributed by atoms with van der Waals surface area (Å²) in [6, 6.07) is -0.407. The van der Waals surface area contributed by atoms with Crippen molar-refractivity contribution in [2.75, 3.05) is 13.2 Å². The average Bonchev–Trinajstić information content (AvgIpc) is 3.23. The number of aliphatic hydroxyl groups is 1. The second kappa shape index (κ2) is 26.4. The molecule has 0 aliphatic carbocycles. The van der Waals surface area contributed by atoms with Crippen LogP contribution < -0.4 is 43.0 Å². The number of aryl methyl sites for hydroxylation is 1. The molecule has 0 aromatic heterocycles. The van der Waals surface area contributed by atoms with E-state index in [2.05, 4.69) is 37.2 Å². The first-order chi connectivity index (χ1) is 30.5. The zero-order valence-corrected chi connectivity index (χ0v) is 35.7. The van der Waals surface area contributed by atoms with E-state index in [1.165, 1.54) is 19.1 Å². The van der Waals surface area contributed by atoms with Crippen LogP contribution in [-0.4, -0.2) is 129 Å². The van der Waals surface area contributed by atoms with Gasteiger partial charge in [-0.1, -0.05) is 32.0 Å². The molecule has 2 aromatic carbocycles. The highest BCUT2D eigenvalue weighted by atomic mass is 19.2. The fourth-order valence-corrected chi connectivity index (χ4v) is 5.90. The predicted octanol–water partition coefficient (Wildman–Crippen LogP) is -1.78. The molecule has 0 heterocycles. The number of phenols is 1. The minimum Gasteiger partial charge on any atom is -0.508 e. The van der Waals surface area contributed by atoms with E-state index in [1.807, 2.05) is 0 Å². The molecule has 8 amide bonds. The van der Waals surface area contributed by atoms with Crippen molar-refractivity contribution < 1.29 is 77.2 Å². The number of primary amides is 1. The molecular formula is C41H54F2N8O14. The molecule has 22 nitrogen and oxygen atoms in total. The summed E-state index contributed by atoms with van der Waals surface area (Å²) in [5.74, 6) is -14.1. The summed E-state index contributed by atoms with van der Waals surface area (Å²) in [4.78, 5) is 126. The number of carboxylic acid groups (broad SMARTS) is 2. The van der Waals surface area contributed by atoms with Crippen LogP contribution in [0.25, 0.3) is 0 Å². The normalized spacial score (nSPS) is 13.6. The fraction of sp³-hybridized carbons (Fsp3) is 0.463. The van der Waals surface area contributed by atoms with Crippen LogP contribution in [0.15, 0.2) is 42.5 Å². The van der Waals surface area contributed by atoms with Crippen molar-refractivity contribution in [2.24, 2.45) is 11.7 Å². The van der Waals surface area contributed by atoms with Gasteiger partial charge >= 0.3 is 11.9 Å². The van der Waals surface area contributed by atoms with Crippen molar-refractivity contribution in [3.8, 4) is 5.75 Å². The number of hydrogen-bond donors (Lipinski definition) is 12. The van der Waals surface area contributed by atoms with Crippen molar-refractivity contribution in [1.82, 2.24) is 37.2 Å². The van der Waals surface area contributed by atoms with Crippen LogP contribution in [0.5, 0.6) is 5.75 Å². The maximum atomic E-state index is 14.0. The molecule has 0 unspecified atom stereocenters. The monoisotopic (exact) mass is 920 g/mol. The Kier molecular flexibility index (Phi) is 21.9. The smallest absolute Gasteiger partial charge is 0.303 e. The van der Waals surface area contributed by atoms with E-state index in [1.54, 1.807) is 26.0 Å². The number of nitrogens with two attached hydrogens (primary N) is 1. The molecule has 0 aliphatic rings. The summed E-state index contributed by atoms with van der Waals surface area (Å²) in [5.41, 5.74) is 5.32. The zero-order chi connectivity index (χ0) is 49.0. The van der Waals surface area contributed by atoms with E-state index in [4.69, 9.17) is 10.8 Å². The minimum absolute atomic E-state index is 0.0356. The molecule has 0 bridgehead atoms. The Morgan fingerprint density at radius 1 is 0.631 bits per heavy atom. The predicted molar refractivity (Wildman–Crippen MR) is 222 cm³/mol. The maximum absolute atomic E-state index is 14.0. The van der Waals surface area contributed by atoms with Crippen molar-refractivity contribution >= 4 is 59.2 Å². The molecule has 2 rings (SSSR count). The first kappa shape index (κ1) is 53.9. The number of aromatic hydroxyl groups is 1. The van der Waals surface area contributed by atoms with Gasteiger partial charge in [-0.3, -0.25) is 47.9 Å². The van der Waals surface area contributed by atoms with Crippen LogP contribution in [0, 0.1) is 17.6 Å². The highest BCUT2D eigenvalue weighted by Crippen LogP contribution is 2.14. The van der Waals surface area contributed by atoms with Crippen LogP contribution in [-0.2, 0) is 49.6 Å². The third-order valence-electron chi connectivity index (χ3n) is 9.41. The molecule has 6 atom stereocenters. The van der Waals surface area contributed by atoms with Gasteiger partial charge in [0.2, 0.25) is 41.4 Å². The molecule has 65 heavy (non-hydrogen) atoms. The lowest BCUT2D eigenvalue weighted by Gasteiger charge is -2.27. The number of nitrogens with one attached hydrogen (secondary N) is 7. The number of carboxylic acids is 2. The topological polar surface area (TPSA) is 362 Å². The van der Waals surface area contributed by atoms with E-state index in [-0.39, 0.29) is 37.4 Å². The Morgan fingerprint density at radius 3 is 1.69 bits per heavy atom. The van der Waals surface area contributed by atoms with Crippen LogP contribution in [0.2, 0.25) is 0 Å². The zero-order valence-electron chi connectivity index (χ0n) is 35.7. The summed E-state index contributed by atoms with van der Waals surface area (Å²) in [7, 11) is 0. The Morgan fingerprint density at radius 2 is 1.14 bits per heavy atom. The number of rotatable bonds is 27. The number of hydrogen-bond acceptors (Lipinski definition) is 12. The lowest BCUT2D eigenvalue weighted by molar-refractivity contribution is -0.139. The summed E-state index contributed by atoms with van der Waals surface area (Å²) in [6.07, 6.45) is -2.16. The SMILES string of the molecule is CC(C)C[C@H](NC(=O)[C@H](CO)NC(=O)[C@H](CCC(=O)O)NC(=O)CNC(=O)[C@H](C)NC(=O)c1cccc(F)c1F)C(=O)N[C@@H](CCc1ccc(O)cc1)C(=O)N[C@@H](CCC(=O)O)C(N)=O. The van der Waals surface area contributed by atoms with Gasteiger partial charge in [0, 0.05) is 12.8 Å². The number of aliphatic carboxylic acids is 2. The summed E-state index contributed by atoms with van der Waals surface area (Å²) in [5, 5.41) is 54.0. The number of halogens is 2. The number of phenolic OH excluding ortho intramolecular Hbond substituents is 1. The van der Waals surface area contributed by atoms with Gasteiger partial charge in [0.05, 0.1) is 18.7 Å². The molecule has 2 aromatic rings. The van der Waals surface area contributed by atoms with E-state index < -0.39 is 145 Å². The third kappa shape index (κ3) is 19.0. The van der Waals surface area contributed by atoms with E-state index in [0.29, 0.717) is 5.56 Å². The maximum Gasteiger partial charge on any atom is 0.303 e. The van der Waals surface area contributed by atoms with Gasteiger partial charge < -0.3 is 63.4 Å². The van der Waals surface area contributed by atoms with Gasteiger partial charge in [-0.15, -0.1) is 0 Å². The summed E-state index contributed by atoms with van der Waals surface area (Å²) < 4.78 is 27.6. The summed E-state index contributed by atoms with van der Waals surface area (Å²) >= 11 is 0. The molecule has 356 valence electrons. The molecule has 24 heteroatoms. The Bertz CT molecular complexity index is 2060. The number of carbonyl (C=O) groups excluding carboxylic acids is 8. The molecule has 0 aliphatic heterocycles. The quantitative estimate of drug-likeness (QED) is 0.0472. The minimum atomic E-state index is -1.81. The third-order valence-corrected chi connectivity index (χ3v) is 9.41. The molecule has 0 radical (unpaired) electrons. The number of benzene rings is 2. The van der Waals surface area contributed by atoms with E-state index in [0.717, 1.165) is 18.2 Å². The first-order valence-electron chi connectivity index (χ1n) is 20.2. The molecule has 0 saturated carbocycles. The van der Waals surface area contributed by atoms with Crippen molar-refractivity contribution in [3.05, 3.63) is 65.2 Å². The van der Waals surface area contributed by atoms with Gasteiger partial charge in [0.25, 0.3) is 5.91 Å². The molecule has 0 spiro atoms. The second-order valence-electron chi connectivity index (χ2n) is 15.2. The average molecular weight is 921 g/mol.